The summed E-state index contributed by atoms with van der Waals surface area (Å²) < 4.78 is 11.2. The van der Waals surface area contributed by atoms with E-state index < -0.39 is 0 Å². The van der Waals surface area contributed by atoms with Crippen molar-refractivity contribution in [2.75, 3.05) is 20.8 Å². The van der Waals surface area contributed by atoms with Gasteiger partial charge in [-0.05, 0) is 33.4 Å². The number of para-hydroxylation sites is 1. The Morgan fingerprint density at radius 3 is 2.65 bits per heavy atom. The second-order valence-corrected chi connectivity index (χ2v) is 5.64. The van der Waals surface area contributed by atoms with Gasteiger partial charge in [-0.3, -0.25) is 4.90 Å². The molecule has 4 unspecified atom stereocenters. The quantitative estimate of drug-likeness (QED) is 0.897. The van der Waals surface area contributed by atoms with Crippen LogP contribution in [0.4, 0.5) is 0 Å². The van der Waals surface area contributed by atoms with Gasteiger partial charge in [0.25, 0.3) is 0 Å². The average molecular weight is 278 g/mol. The smallest absolute Gasteiger partial charge is 0.123 e. The first-order valence-corrected chi connectivity index (χ1v) is 7.28. The van der Waals surface area contributed by atoms with Crippen molar-refractivity contribution < 1.29 is 9.47 Å². The van der Waals surface area contributed by atoms with Gasteiger partial charge in [0.1, 0.15) is 5.75 Å². The van der Waals surface area contributed by atoms with Gasteiger partial charge in [-0.25, -0.2) is 0 Å². The normalized spacial score (nSPS) is 25.7. The van der Waals surface area contributed by atoms with E-state index in [1.54, 1.807) is 7.11 Å². The number of ether oxygens (including phenoxy) is 2. The molecule has 0 spiro atoms. The minimum atomic E-state index is 0.0177. The van der Waals surface area contributed by atoms with E-state index in [9.17, 15) is 0 Å². The molecule has 112 valence electrons. The van der Waals surface area contributed by atoms with Gasteiger partial charge in [0.2, 0.25) is 0 Å². The van der Waals surface area contributed by atoms with Crippen molar-refractivity contribution in [3.63, 3.8) is 0 Å². The summed E-state index contributed by atoms with van der Waals surface area (Å²) in [4.78, 5) is 2.35. The van der Waals surface area contributed by atoms with E-state index in [1.807, 2.05) is 25.1 Å². The Bertz CT molecular complexity index is 436. The average Bonchev–Trinajstić information content (AvgIpc) is 2.85. The van der Waals surface area contributed by atoms with Crippen LogP contribution in [0.5, 0.6) is 5.75 Å². The summed E-state index contributed by atoms with van der Waals surface area (Å²) >= 11 is 0. The van der Waals surface area contributed by atoms with Crippen LogP contribution < -0.4 is 10.5 Å². The largest absolute Gasteiger partial charge is 0.496 e. The third-order valence-corrected chi connectivity index (χ3v) is 4.25. The number of hydrogen-bond acceptors (Lipinski definition) is 4. The fraction of sp³-hybridized carbons (Fsp3) is 0.625. The first-order chi connectivity index (χ1) is 9.56. The zero-order chi connectivity index (χ0) is 14.7. The Morgan fingerprint density at radius 1 is 1.40 bits per heavy atom. The Kier molecular flexibility index (Phi) is 5.02. The molecule has 0 aromatic heterocycles. The van der Waals surface area contributed by atoms with E-state index in [-0.39, 0.29) is 18.2 Å². The predicted molar refractivity (Wildman–Crippen MR) is 81.0 cm³/mol. The summed E-state index contributed by atoms with van der Waals surface area (Å²) in [5.41, 5.74) is 7.41. The number of hydrogen-bond donors (Lipinski definition) is 1. The van der Waals surface area contributed by atoms with Crippen LogP contribution >= 0.6 is 0 Å². The molecule has 2 rings (SSSR count). The highest BCUT2D eigenvalue weighted by Crippen LogP contribution is 2.34. The summed E-state index contributed by atoms with van der Waals surface area (Å²) in [6, 6.07) is 8.66. The fourth-order valence-electron chi connectivity index (χ4n) is 3.25. The Labute approximate surface area is 121 Å². The van der Waals surface area contributed by atoms with Crippen LogP contribution in [0.1, 0.15) is 31.9 Å². The lowest BCUT2D eigenvalue weighted by Crippen LogP contribution is -2.45. The van der Waals surface area contributed by atoms with E-state index in [0.717, 1.165) is 24.3 Å². The third-order valence-electron chi connectivity index (χ3n) is 4.25. The monoisotopic (exact) mass is 278 g/mol. The van der Waals surface area contributed by atoms with Gasteiger partial charge >= 0.3 is 0 Å². The minimum Gasteiger partial charge on any atom is -0.496 e. The van der Waals surface area contributed by atoms with E-state index in [0.29, 0.717) is 6.04 Å². The van der Waals surface area contributed by atoms with Crippen molar-refractivity contribution in [1.82, 2.24) is 4.90 Å². The Hall–Kier alpha value is -1.10. The lowest BCUT2D eigenvalue weighted by Gasteiger charge is -2.37. The van der Waals surface area contributed by atoms with Gasteiger partial charge in [0.05, 0.1) is 19.3 Å². The molecule has 1 saturated heterocycles. The molecule has 4 heteroatoms. The molecule has 1 heterocycles. The molecule has 4 nitrogen and oxygen atoms in total. The predicted octanol–water partition coefficient (Wildman–Crippen LogP) is 2.19. The standard InChI is InChI=1S/C16H26N2O2/c1-11(17)16(13-7-5-6-8-15(13)19-4)18(3)14-9-10-20-12(14)2/h5-8,11-12,14,16H,9-10,17H2,1-4H3. The van der Waals surface area contributed by atoms with Crippen LogP contribution in [0.25, 0.3) is 0 Å². The molecular formula is C16H26N2O2. The maximum absolute atomic E-state index is 6.27. The molecule has 1 aliphatic rings. The van der Waals surface area contributed by atoms with Crippen molar-refractivity contribution in [2.24, 2.45) is 5.73 Å². The summed E-state index contributed by atoms with van der Waals surface area (Å²) in [6.07, 6.45) is 1.30. The van der Waals surface area contributed by atoms with Gasteiger partial charge in [-0.15, -0.1) is 0 Å². The third kappa shape index (κ3) is 2.97. The molecule has 1 aromatic rings. The van der Waals surface area contributed by atoms with Crippen molar-refractivity contribution in [3.05, 3.63) is 29.8 Å². The second kappa shape index (κ2) is 6.57. The number of methoxy groups -OCH3 is 1. The summed E-state index contributed by atoms with van der Waals surface area (Å²) in [5, 5.41) is 0. The number of rotatable bonds is 5. The van der Waals surface area contributed by atoms with Crippen molar-refractivity contribution in [2.45, 2.75) is 44.5 Å². The molecule has 0 radical (unpaired) electrons. The molecule has 0 saturated carbocycles. The van der Waals surface area contributed by atoms with Crippen molar-refractivity contribution >= 4 is 0 Å². The highest BCUT2D eigenvalue weighted by molar-refractivity contribution is 5.36. The zero-order valence-electron chi connectivity index (χ0n) is 12.9. The fourth-order valence-corrected chi connectivity index (χ4v) is 3.25. The number of nitrogens with two attached hydrogens (primary N) is 1. The Morgan fingerprint density at radius 2 is 2.10 bits per heavy atom. The number of nitrogens with zero attached hydrogens (tertiary/aromatic N) is 1. The van der Waals surface area contributed by atoms with Gasteiger partial charge in [0.15, 0.2) is 0 Å². The number of benzene rings is 1. The molecule has 2 N–H and O–H groups in total. The van der Waals surface area contributed by atoms with Gasteiger partial charge in [-0.2, -0.15) is 0 Å². The van der Waals surface area contributed by atoms with Crippen molar-refractivity contribution in [1.29, 1.82) is 0 Å². The SMILES string of the molecule is COc1ccccc1C(C(C)N)N(C)C1CCOC1C. The molecule has 1 aromatic carbocycles. The second-order valence-electron chi connectivity index (χ2n) is 5.64. The first-order valence-electron chi connectivity index (χ1n) is 7.28. The molecular weight excluding hydrogens is 252 g/mol. The lowest BCUT2D eigenvalue weighted by atomic mass is 9.95. The highest BCUT2D eigenvalue weighted by atomic mass is 16.5. The molecule has 0 bridgehead atoms. The zero-order valence-corrected chi connectivity index (χ0v) is 12.9. The molecule has 0 amide bonds. The van der Waals surface area contributed by atoms with Crippen molar-refractivity contribution in [3.8, 4) is 5.75 Å². The molecule has 1 fully saturated rings. The van der Waals surface area contributed by atoms with E-state index >= 15 is 0 Å². The van der Waals surface area contributed by atoms with Gasteiger partial charge in [-0.1, -0.05) is 18.2 Å². The molecule has 1 aliphatic heterocycles. The van der Waals surface area contributed by atoms with Crippen LogP contribution in [-0.2, 0) is 4.74 Å². The first kappa shape index (κ1) is 15.3. The molecule has 20 heavy (non-hydrogen) atoms. The summed E-state index contributed by atoms with van der Waals surface area (Å²) in [6.45, 7) is 5.01. The van der Waals surface area contributed by atoms with Crippen LogP contribution in [-0.4, -0.2) is 43.9 Å². The highest BCUT2D eigenvalue weighted by Gasteiger charge is 2.34. The lowest BCUT2D eigenvalue weighted by molar-refractivity contribution is 0.0620. The molecule has 4 atom stereocenters. The van der Waals surface area contributed by atoms with E-state index in [2.05, 4.69) is 24.9 Å². The Balaban J connectivity index is 2.31. The summed E-state index contributed by atoms with van der Waals surface area (Å²) in [5.74, 6) is 0.896. The van der Waals surface area contributed by atoms with Gasteiger partial charge in [0, 0.05) is 24.3 Å². The maximum Gasteiger partial charge on any atom is 0.123 e. The maximum atomic E-state index is 6.27. The number of likely N-dealkylation sites (N-methyl/N-ethyl adjacent to an activating group) is 1. The summed E-state index contributed by atoms with van der Waals surface area (Å²) in [7, 11) is 3.84. The minimum absolute atomic E-state index is 0.0177. The van der Waals surface area contributed by atoms with E-state index in [1.165, 1.54) is 0 Å². The topological polar surface area (TPSA) is 47.7 Å². The van der Waals surface area contributed by atoms with Crippen LogP contribution in [0.2, 0.25) is 0 Å². The molecule has 0 aliphatic carbocycles. The van der Waals surface area contributed by atoms with Crippen LogP contribution in [0.15, 0.2) is 24.3 Å². The van der Waals surface area contributed by atoms with Crippen LogP contribution in [0.3, 0.4) is 0 Å². The van der Waals surface area contributed by atoms with Gasteiger partial charge < -0.3 is 15.2 Å². The van der Waals surface area contributed by atoms with Crippen LogP contribution in [0, 0.1) is 0 Å². The van der Waals surface area contributed by atoms with E-state index in [4.69, 9.17) is 15.2 Å².